The Labute approximate surface area is 197 Å². The Morgan fingerprint density at radius 2 is 1.85 bits per heavy atom. The van der Waals surface area contributed by atoms with Gasteiger partial charge in [0.25, 0.3) is 0 Å². The van der Waals surface area contributed by atoms with Crippen molar-refractivity contribution in [2.45, 2.75) is 25.8 Å². The molecule has 170 valence electrons. The maximum atomic E-state index is 14.4. The number of benzene rings is 1. The third-order valence-corrected chi connectivity index (χ3v) is 7.72. The summed E-state index contributed by atoms with van der Waals surface area (Å²) in [6.07, 6.45) is 3.52. The normalized spacial score (nSPS) is 22.3. The maximum absolute atomic E-state index is 14.4. The first-order valence-corrected chi connectivity index (χ1v) is 11.9. The Kier molecular flexibility index (Phi) is 4.95. The lowest BCUT2D eigenvalue weighted by Crippen LogP contribution is -2.48. The largest absolute Gasteiger partial charge is 0.349 e. The molecule has 1 aliphatic heterocycles. The van der Waals surface area contributed by atoms with Gasteiger partial charge in [-0.1, -0.05) is 11.6 Å². The van der Waals surface area contributed by atoms with Crippen LogP contribution >= 0.6 is 23.1 Å². The summed E-state index contributed by atoms with van der Waals surface area (Å²) in [5.41, 5.74) is 1.42. The lowest BCUT2D eigenvalue weighted by molar-refractivity contribution is 0.376. The van der Waals surface area contributed by atoms with Crippen molar-refractivity contribution < 1.29 is 8.78 Å². The molecular formula is C22H20ClF2N7S. The SMILES string of the molecule is Cc1nsc(N2CC3CCC(C2)C3Nc2nc3c(-c4ccc(F)cc4Cl)cc(F)cn3n2)n1. The molecule has 33 heavy (non-hydrogen) atoms. The Morgan fingerprint density at radius 1 is 1.06 bits per heavy atom. The van der Waals surface area contributed by atoms with E-state index in [1.54, 1.807) is 0 Å². The minimum Gasteiger partial charge on any atom is -0.349 e. The van der Waals surface area contributed by atoms with Crippen molar-refractivity contribution in [2.24, 2.45) is 11.8 Å². The van der Waals surface area contributed by atoms with Gasteiger partial charge in [-0.05, 0) is 55.9 Å². The summed E-state index contributed by atoms with van der Waals surface area (Å²) in [4.78, 5) is 11.5. The number of hydrogen-bond acceptors (Lipinski definition) is 7. The van der Waals surface area contributed by atoms with Crippen LogP contribution in [0.4, 0.5) is 19.9 Å². The zero-order valence-corrected chi connectivity index (χ0v) is 19.2. The van der Waals surface area contributed by atoms with Gasteiger partial charge in [0.15, 0.2) is 5.65 Å². The predicted molar refractivity (Wildman–Crippen MR) is 124 cm³/mol. The van der Waals surface area contributed by atoms with Crippen LogP contribution in [-0.4, -0.2) is 43.1 Å². The van der Waals surface area contributed by atoms with Crippen molar-refractivity contribution in [3.05, 3.63) is 52.9 Å². The first-order valence-electron chi connectivity index (χ1n) is 10.8. The van der Waals surface area contributed by atoms with Crippen LogP contribution in [0, 0.1) is 30.4 Å². The molecule has 2 unspecified atom stereocenters. The monoisotopic (exact) mass is 487 g/mol. The third kappa shape index (κ3) is 3.71. The highest BCUT2D eigenvalue weighted by atomic mass is 35.5. The van der Waals surface area contributed by atoms with Gasteiger partial charge in [0, 0.05) is 41.8 Å². The predicted octanol–water partition coefficient (Wildman–Crippen LogP) is 4.81. The van der Waals surface area contributed by atoms with Crippen molar-refractivity contribution in [3.8, 4) is 11.1 Å². The average Bonchev–Trinajstić information content (AvgIpc) is 3.43. The zero-order valence-electron chi connectivity index (χ0n) is 17.7. The van der Waals surface area contributed by atoms with E-state index < -0.39 is 11.6 Å². The van der Waals surface area contributed by atoms with E-state index in [4.69, 9.17) is 11.6 Å². The molecule has 1 saturated heterocycles. The number of anilines is 2. The number of aromatic nitrogens is 5. The molecular weight excluding hydrogens is 468 g/mol. The van der Waals surface area contributed by atoms with Gasteiger partial charge in [-0.25, -0.2) is 18.3 Å². The van der Waals surface area contributed by atoms with Crippen molar-refractivity contribution in [2.75, 3.05) is 23.3 Å². The molecule has 0 radical (unpaired) electrons. The van der Waals surface area contributed by atoms with Gasteiger partial charge >= 0.3 is 0 Å². The van der Waals surface area contributed by atoms with Crippen LogP contribution in [0.2, 0.25) is 5.02 Å². The molecule has 2 fully saturated rings. The number of halogens is 3. The van der Waals surface area contributed by atoms with Gasteiger partial charge in [0.1, 0.15) is 17.5 Å². The van der Waals surface area contributed by atoms with Crippen LogP contribution in [0.5, 0.6) is 0 Å². The van der Waals surface area contributed by atoms with Crippen LogP contribution < -0.4 is 10.2 Å². The molecule has 0 amide bonds. The Bertz CT molecular complexity index is 1340. The number of nitrogens with zero attached hydrogens (tertiary/aromatic N) is 6. The lowest BCUT2D eigenvalue weighted by atomic mass is 9.92. The van der Waals surface area contributed by atoms with E-state index in [2.05, 4.69) is 29.7 Å². The minimum absolute atomic E-state index is 0.192. The molecule has 6 rings (SSSR count). The zero-order chi connectivity index (χ0) is 22.7. The van der Waals surface area contributed by atoms with Crippen molar-refractivity contribution in [3.63, 3.8) is 0 Å². The first-order chi connectivity index (χ1) is 15.9. The van der Waals surface area contributed by atoms with E-state index >= 15 is 0 Å². The van der Waals surface area contributed by atoms with E-state index in [0.717, 1.165) is 36.9 Å². The molecule has 4 aromatic rings. The highest BCUT2D eigenvalue weighted by molar-refractivity contribution is 7.09. The molecule has 0 spiro atoms. The number of fused-ring (bicyclic) bond motifs is 3. The summed E-state index contributed by atoms with van der Waals surface area (Å²) >= 11 is 7.69. The molecule has 3 aromatic heterocycles. The minimum atomic E-state index is -0.477. The fourth-order valence-corrected chi connectivity index (χ4v) is 6.06. The molecule has 2 atom stereocenters. The van der Waals surface area contributed by atoms with Crippen LogP contribution in [-0.2, 0) is 0 Å². The second-order valence-corrected chi connectivity index (χ2v) is 9.83. The Balaban J connectivity index is 1.29. The van der Waals surface area contributed by atoms with E-state index in [0.29, 0.717) is 34.6 Å². The van der Waals surface area contributed by atoms with Crippen LogP contribution in [0.25, 0.3) is 16.8 Å². The fourth-order valence-electron chi connectivity index (χ4n) is 5.10. The van der Waals surface area contributed by atoms with Crippen molar-refractivity contribution >= 4 is 39.9 Å². The highest BCUT2D eigenvalue weighted by Gasteiger charge is 2.43. The molecule has 11 heteroatoms. The van der Waals surface area contributed by atoms with Gasteiger partial charge in [0.2, 0.25) is 11.1 Å². The second-order valence-electron chi connectivity index (χ2n) is 8.70. The summed E-state index contributed by atoms with van der Waals surface area (Å²) in [7, 11) is 0. The number of aryl methyl sites for hydroxylation is 1. The summed E-state index contributed by atoms with van der Waals surface area (Å²) < 4.78 is 33.6. The van der Waals surface area contributed by atoms with E-state index in [1.807, 2.05) is 6.92 Å². The second kappa shape index (κ2) is 7.88. The maximum Gasteiger partial charge on any atom is 0.243 e. The van der Waals surface area contributed by atoms with Crippen molar-refractivity contribution in [1.82, 2.24) is 24.0 Å². The molecule has 1 N–H and O–H groups in total. The van der Waals surface area contributed by atoms with E-state index in [-0.39, 0.29) is 11.1 Å². The van der Waals surface area contributed by atoms with E-state index in [9.17, 15) is 8.78 Å². The molecule has 1 aromatic carbocycles. The summed E-state index contributed by atoms with van der Waals surface area (Å²) in [5, 5.41) is 9.16. The average molecular weight is 488 g/mol. The topological polar surface area (TPSA) is 71.2 Å². The number of piperidine rings is 1. The summed E-state index contributed by atoms with van der Waals surface area (Å²) in [6, 6.07) is 5.61. The van der Waals surface area contributed by atoms with E-state index in [1.165, 1.54) is 46.5 Å². The first kappa shape index (κ1) is 20.7. The number of pyridine rings is 1. The molecule has 2 aliphatic rings. The molecule has 4 heterocycles. The molecule has 2 bridgehead atoms. The van der Waals surface area contributed by atoms with Gasteiger partial charge in [0.05, 0.1) is 11.2 Å². The van der Waals surface area contributed by atoms with Gasteiger partial charge in [-0.2, -0.15) is 9.36 Å². The van der Waals surface area contributed by atoms with Gasteiger partial charge in [-0.3, -0.25) is 0 Å². The van der Waals surface area contributed by atoms with Crippen LogP contribution in [0.3, 0.4) is 0 Å². The smallest absolute Gasteiger partial charge is 0.243 e. The highest BCUT2D eigenvalue weighted by Crippen LogP contribution is 2.40. The molecule has 1 aliphatic carbocycles. The van der Waals surface area contributed by atoms with Crippen LogP contribution in [0.1, 0.15) is 18.7 Å². The molecule has 7 nitrogen and oxygen atoms in total. The van der Waals surface area contributed by atoms with Crippen LogP contribution in [0.15, 0.2) is 30.5 Å². The quantitative estimate of drug-likeness (QED) is 0.445. The number of hydrogen-bond donors (Lipinski definition) is 1. The van der Waals surface area contributed by atoms with Gasteiger partial charge in [-0.15, -0.1) is 5.10 Å². The standard InChI is InChI=1S/C22H20ClF2N7S/c1-11-26-22(33-30-11)31-8-12-2-3-13(9-31)19(12)27-21-28-20-17(6-15(25)10-32(20)29-21)16-5-4-14(24)7-18(16)23/h4-7,10,12-13,19H,2-3,8-9H2,1H3,(H,27,29). The third-order valence-electron chi connectivity index (χ3n) is 6.54. The van der Waals surface area contributed by atoms with Crippen molar-refractivity contribution in [1.29, 1.82) is 0 Å². The Hall–Kier alpha value is -2.85. The van der Waals surface area contributed by atoms with Gasteiger partial charge < -0.3 is 10.2 Å². The number of nitrogens with one attached hydrogen (secondary N) is 1. The number of rotatable bonds is 4. The fraction of sp³-hybridized carbons (Fsp3) is 0.364. The summed E-state index contributed by atoms with van der Waals surface area (Å²) in [5.74, 6) is 1.19. The summed E-state index contributed by atoms with van der Waals surface area (Å²) in [6.45, 7) is 3.72. The Morgan fingerprint density at radius 3 is 2.55 bits per heavy atom. The lowest BCUT2D eigenvalue weighted by Gasteiger charge is -2.37. The molecule has 1 saturated carbocycles.